The third-order valence-corrected chi connectivity index (χ3v) is 1.24. The van der Waals surface area contributed by atoms with Gasteiger partial charge in [-0.05, 0) is 0 Å². The molecule has 1 aliphatic rings. The van der Waals surface area contributed by atoms with Crippen molar-refractivity contribution >= 4 is 5.97 Å². The molecule has 0 aromatic carbocycles. The van der Waals surface area contributed by atoms with Crippen LogP contribution in [-0.4, -0.2) is 38.9 Å². The van der Waals surface area contributed by atoms with E-state index in [1.165, 1.54) is 7.11 Å². The lowest BCUT2D eigenvalue weighted by Crippen LogP contribution is -2.24. The second kappa shape index (κ2) is 4.27. The molecule has 0 aromatic heterocycles. The molecule has 0 aromatic rings. The summed E-state index contributed by atoms with van der Waals surface area (Å²) in [6.07, 6.45) is -0.169. The van der Waals surface area contributed by atoms with Gasteiger partial charge in [0, 0.05) is 7.11 Å². The van der Waals surface area contributed by atoms with Gasteiger partial charge in [0.1, 0.15) is 19.3 Å². The van der Waals surface area contributed by atoms with Crippen molar-refractivity contribution in [3.8, 4) is 0 Å². The van der Waals surface area contributed by atoms with Crippen molar-refractivity contribution in [1.29, 1.82) is 0 Å². The number of carbonyl (C=O) groups is 1. The highest BCUT2D eigenvalue weighted by Gasteiger charge is 2.19. The summed E-state index contributed by atoms with van der Waals surface area (Å²) in [5.41, 5.74) is 2.60. The van der Waals surface area contributed by atoms with Gasteiger partial charge >= 0.3 is 5.97 Å². The molecule has 0 radical (unpaired) electrons. The molecule has 1 fully saturated rings. The number of carbonyl (C=O) groups excluding carboxylic acids is 1. The van der Waals surface area contributed by atoms with Crippen LogP contribution in [0.4, 0.5) is 0 Å². The van der Waals surface area contributed by atoms with Crippen molar-refractivity contribution in [1.82, 2.24) is 5.48 Å². The highest BCUT2D eigenvalue weighted by Crippen LogP contribution is 1.98. The standard InChI is InChI=1S/C6H11NO4/c1-9-4-6(8)11-5-2-7-10-3-5/h5,7H,2-4H2,1H3/t5-/m0/s1. The summed E-state index contributed by atoms with van der Waals surface area (Å²) in [7, 11) is 1.45. The van der Waals surface area contributed by atoms with Crippen molar-refractivity contribution in [3.63, 3.8) is 0 Å². The molecule has 5 heteroatoms. The fourth-order valence-electron chi connectivity index (χ4n) is 0.776. The Labute approximate surface area is 64.6 Å². The summed E-state index contributed by atoms with van der Waals surface area (Å²) >= 11 is 0. The first-order valence-corrected chi connectivity index (χ1v) is 3.36. The maximum absolute atomic E-state index is 10.8. The van der Waals surface area contributed by atoms with E-state index >= 15 is 0 Å². The molecule has 1 saturated heterocycles. The minimum atomic E-state index is -0.357. The first kappa shape index (κ1) is 8.45. The van der Waals surface area contributed by atoms with E-state index in [1.54, 1.807) is 0 Å². The van der Waals surface area contributed by atoms with Crippen LogP contribution in [-0.2, 0) is 19.1 Å². The van der Waals surface area contributed by atoms with Gasteiger partial charge in [-0.15, -0.1) is 0 Å². The molecule has 0 aliphatic carbocycles. The molecule has 5 nitrogen and oxygen atoms in total. The molecule has 1 rings (SSSR count). The molecular weight excluding hydrogens is 150 g/mol. The first-order chi connectivity index (χ1) is 5.33. The number of methoxy groups -OCH3 is 1. The van der Waals surface area contributed by atoms with Crippen LogP contribution >= 0.6 is 0 Å². The van der Waals surface area contributed by atoms with Crippen LogP contribution in [0.1, 0.15) is 0 Å². The topological polar surface area (TPSA) is 56.8 Å². The van der Waals surface area contributed by atoms with E-state index in [2.05, 4.69) is 10.2 Å². The minimum absolute atomic E-state index is 0.00347. The highest BCUT2D eigenvalue weighted by molar-refractivity contribution is 5.70. The smallest absolute Gasteiger partial charge is 0.332 e. The number of rotatable bonds is 3. The van der Waals surface area contributed by atoms with Gasteiger partial charge in [-0.3, -0.25) is 4.84 Å². The molecule has 0 unspecified atom stereocenters. The minimum Gasteiger partial charge on any atom is -0.457 e. The van der Waals surface area contributed by atoms with E-state index in [4.69, 9.17) is 9.57 Å². The summed E-state index contributed by atoms with van der Waals surface area (Å²) in [6, 6.07) is 0. The number of hydroxylamine groups is 1. The van der Waals surface area contributed by atoms with Gasteiger partial charge in [-0.25, -0.2) is 4.79 Å². The third-order valence-electron chi connectivity index (χ3n) is 1.24. The quantitative estimate of drug-likeness (QED) is 0.542. The first-order valence-electron chi connectivity index (χ1n) is 3.36. The van der Waals surface area contributed by atoms with E-state index in [0.717, 1.165) is 0 Å². The summed E-state index contributed by atoms with van der Waals surface area (Å²) in [6.45, 7) is 0.960. The monoisotopic (exact) mass is 161 g/mol. The highest BCUT2D eigenvalue weighted by atomic mass is 16.7. The molecule has 11 heavy (non-hydrogen) atoms. The second-order valence-corrected chi connectivity index (χ2v) is 2.20. The van der Waals surface area contributed by atoms with Crippen LogP contribution in [0, 0.1) is 0 Å². The molecule has 0 bridgehead atoms. The van der Waals surface area contributed by atoms with Crippen LogP contribution in [0.25, 0.3) is 0 Å². The van der Waals surface area contributed by atoms with Gasteiger partial charge < -0.3 is 9.47 Å². The molecule has 0 spiro atoms. The number of hydrogen-bond donors (Lipinski definition) is 1. The molecule has 1 N–H and O–H groups in total. The summed E-state index contributed by atoms with van der Waals surface area (Å²) in [5.74, 6) is -0.357. The molecule has 64 valence electrons. The SMILES string of the molecule is COCC(=O)O[C@H]1CNOC1. The van der Waals surface area contributed by atoms with E-state index < -0.39 is 0 Å². The Balaban J connectivity index is 2.13. The van der Waals surface area contributed by atoms with Crippen molar-refractivity contribution in [3.05, 3.63) is 0 Å². The van der Waals surface area contributed by atoms with Crippen molar-refractivity contribution in [2.24, 2.45) is 0 Å². The Hall–Kier alpha value is -0.650. The number of ether oxygens (including phenoxy) is 2. The van der Waals surface area contributed by atoms with Gasteiger partial charge in [0.15, 0.2) is 0 Å². The Morgan fingerprint density at radius 1 is 1.82 bits per heavy atom. The van der Waals surface area contributed by atoms with Gasteiger partial charge in [-0.1, -0.05) is 0 Å². The molecule has 0 saturated carbocycles. The average Bonchev–Trinajstić information content (AvgIpc) is 2.40. The Kier molecular flexibility index (Phi) is 3.28. The number of hydrogen-bond acceptors (Lipinski definition) is 5. The molecular formula is C6H11NO4. The largest absolute Gasteiger partial charge is 0.457 e. The van der Waals surface area contributed by atoms with E-state index in [-0.39, 0.29) is 18.7 Å². The molecule has 1 atom stereocenters. The lowest BCUT2D eigenvalue weighted by molar-refractivity contribution is -0.152. The zero-order valence-corrected chi connectivity index (χ0v) is 6.33. The van der Waals surface area contributed by atoms with Gasteiger partial charge in [-0.2, -0.15) is 5.48 Å². The third kappa shape index (κ3) is 2.83. The zero-order chi connectivity index (χ0) is 8.10. The predicted molar refractivity (Wildman–Crippen MR) is 35.7 cm³/mol. The molecule has 0 amide bonds. The van der Waals surface area contributed by atoms with Crippen molar-refractivity contribution in [2.75, 3.05) is 26.9 Å². The van der Waals surface area contributed by atoms with Crippen LogP contribution in [0.15, 0.2) is 0 Å². The van der Waals surface area contributed by atoms with Crippen LogP contribution in [0.3, 0.4) is 0 Å². The Morgan fingerprint density at radius 2 is 2.64 bits per heavy atom. The Bertz CT molecular complexity index is 133. The molecule has 1 aliphatic heterocycles. The molecule has 1 heterocycles. The van der Waals surface area contributed by atoms with Crippen LogP contribution in [0.2, 0.25) is 0 Å². The Morgan fingerprint density at radius 3 is 3.18 bits per heavy atom. The van der Waals surface area contributed by atoms with Crippen molar-refractivity contribution < 1.29 is 19.1 Å². The summed E-state index contributed by atoms with van der Waals surface area (Å²) in [4.78, 5) is 15.5. The van der Waals surface area contributed by atoms with Crippen LogP contribution in [0.5, 0.6) is 0 Å². The van der Waals surface area contributed by atoms with Crippen LogP contribution < -0.4 is 5.48 Å². The average molecular weight is 161 g/mol. The fraction of sp³-hybridized carbons (Fsp3) is 0.833. The normalized spacial score (nSPS) is 23.5. The van der Waals surface area contributed by atoms with Gasteiger partial charge in [0.25, 0.3) is 0 Å². The summed E-state index contributed by atoms with van der Waals surface area (Å²) < 4.78 is 9.48. The van der Waals surface area contributed by atoms with Crippen molar-refractivity contribution in [2.45, 2.75) is 6.10 Å². The van der Waals surface area contributed by atoms with E-state index in [9.17, 15) is 4.79 Å². The second-order valence-electron chi connectivity index (χ2n) is 2.20. The zero-order valence-electron chi connectivity index (χ0n) is 6.33. The van der Waals surface area contributed by atoms with Gasteiger partial charge in [0.05, 0.1) is 6.54 Å². The maximum Gasteiger partial charge on any atom is 0.332 e. The number of esters is 1. The van der Waals surface area contributed by atoms with E-state index in [0.29, 0.717) is 13.2 Å². The maximum atomic E-state index is 10.8. The van der Waals surface area contributed by atoms with Gasteiger partial charge in [0.2, 0.25) is 0 Å². The number of nitrogens with one attached hydrogen (secondary N) is 1. The van der Waals surface area contributed by atoms with E-state index in [1.807, 2.05) is 0 Å². The lowest BCUT2D eigenvalue weighted by Gasteiger charge is -2.07. The fourth-order valence-corrected chi connectivity index (χ4v) is 0.776. The lowest BCUT2D eigenvalue weighted by atomic mass is 10.4. The predicted octanol–water partition coefficient (Wildman–Crippen LogP) is -0.921. The summed E-state index contributed by atoms with van der Waals surface area (Å²) in [5, 5.41) is 0.